The van der Waals surface area contributed by atoms with E-state index in [2.05, 4.69) is 52.7 Å². The van der Waals surface area contributed by atoms with Gasteiger partial charge in [-0.25, -0.2) is 4.68 Å². The molecule has 26 heavy (non-hydrogen) atoms. The second kappa shape index (κ2) is 6.55. The highest BCUT2D eigenvalue weighted by Crippen LogP contribution is 2.37. The van der Waals surface area contributed by atoms with E-state index in [0.717, 1.165) is 28.3 Å². The quantitative estimate of drug-likeness (QED) is 0.780. The molecule has 1 N–H and O–H groups in total. The minimum absolute atomic E-state index is 0.133. The number of nitrogens with one attached hydrogen (secondary N) is 1. The first-order valence-electron chi connectivity index (χ1n) is 8.37. The molecule has 0 unspecified atom stereocenters. The molecule has 1 aliphatic rings. The average Bonchev–Trinajstić information content (AvgIpc) is 3.16. The SMILES string of the molecule is COc1ccc([C@@H]2C=C(c3ccc(C)cc3)Nc3ncnn32)c(OC)c1. The Morgan fingerprint density at radius 2 is 1.85 bits per heavy atom. The second-order valence-corrected chi connectivity index (χ2v) is 6.15. The number of allylic oxidation sites excluding steroid dienone is 1. The van der Waals surface area contributed by atoms with Crippen LogP contribution in [0.4, 0.5) is 5.95 Å². The number of aryl methyl sites for hydroxylation is 1. The van der Waals surface area contributed by atoms with E-state index in [-0.39, 0.29) is 6.04 Å². The molecule has 4 rings (SSSR count). The van der Waals surface area contributed by atoms with Crippen LogP contribution in [0.15, 0.2) is 54.9 Å². The van der Waals surface area contributed by atoms with Crippen LogP contribution < -0.4 is 14.8 Å². The molecule has 6 heteroatoms. The number of aromatic nitrogens is 3. The molecule has 0 spiro atoms. The van der Waals surface area contributed by atoms with Gasteiger partial charge in [0.15, 0.2) is 0 Å². The van der Waals surface area contributed by atoms with Crippen molar-refractivity contribution >= 4 is 11.6 Å². The topological polar surface area (TPSA) is 61.2 Å². The zero-order valence-electron chi connectivity index (χ0n) is 14.9. The van der Waals surface area contributed by atoms with Gasteiger partial charge in [0.05, 0.1) is 14.2 Å². The fourth-order valence-electron chi connectivity index (χ4n) is 3.12. The van der Waals surface area contributed by atoms with Gasteiger partial charge in [0, 0.05) is 17.3 Å². The van der Waals surface area contributed by atoms with Gasteiger partial charge in [-0.1, -0.05) is 29.8 Å². The number of fused-ring (bicyclic) bond motifs is 1. The molecule has 0 aliphatic carbocycles. The van der Waals surface area contributed by atoms with Crippen molar-refractivity contribution in [1.82, 2.24) is 14.8 Å². The van der Waals surface area contributed by atoms with Gasteiger partial charge in [-0.2, -0.15) is 10.1 Å². The lowest BCUT2D eigenvalue weighted by Crippen LogP contribution is -2.20. The van der Waals surface area contributed by atoms with E-state index < -0.39 is 0 Å². The second-order valence-electron chi connectivity index (χ2n) is 6.15. The molecule has 132 valence electrons. The molecule has 0 amide bonds. The molecule has 3 aromatic rings. The maximum atomic E-state index is 5.60. The van der Waals surface area contributed by atoms with Crippen LogP contribution in [0.1, 0.15) is 22.7 Å². The number of hydrogen-bond acceptors (Lipinski definition) is 5. The van der Waals surface area contributed by atoms with Crippen molar-refractivity contribution in [2.45, 2.75) is 13.0 Å². The van der Waals surface area contributed by atoms with E-state index in [9.17, 15) is 0 Å². The van der Waals surface area contributed by atoms with Gasteiger partial charge in [-0.3, -0.25) is 0 Å². The minimum Gasteiger partial charge on any atom is -0.497 e. The Balaban J connectivity index is 1.82. The first-order valence-corrected chi connectivity index (χ1v) is 8.37. The molecule has 0 fully saturated rings. The third-order valence-electron chi connectivity index (χ3n) is 4.53. The van der Waals surface area contributed by atoms with Crippen LogP contribution in [0, 0.1) is 6.92 Å². The Morgan fingerprint density at radius 3 is 2.58 bits per heavy atom. The summed E-state index contributed by atoms with van der Waals surface area (Å²) in [6, 6.07) is 14.1. The van der Waals surface area contributed by atoms with E-state index in [4.69, 9.17) is 9.47 Å². The molecule has 0 saturated carbocycles. The normalized spacial score (nSPS) is 15.7. The van der Waals surface area contributed by atoms with Gasteiger partial charge in [0.1, 0.15) is 23.9 Å². The molecule has 2 aromatic carbocycles. The summed E-state index contributed by atoms with van der Waals surface area (Å²) >= 11 is 0. The van der Waals surface area contributed by atoms with Crippen molar-refractivity contribution in [1.29, 1.82) is 0 Å². The van der Waals surface area contributed by atoms with Crippen LogP contribution in [0.5, 0.6) is 11.5 Å². The molecule has 2 heterocycles. The van der Waals surface area contributed by atoms with Crippen LogP contribution in [0.25, 0.3) is 5.70 Å². The first-order chi connectivity index (χ1) is 12.7. The van der Waals surface area contributed by atoms with Crippen molar-refractivity contribution < 1.29 is 9.47 Å². The summed E-state index contributed by atoms with van der Waals surface area (Å²) in [5.41, 5.74) is 4.31. The predicted octanol–water partition coefficient (Wildman–Crippen LogP) is 3.66. The maximum Gasteiger partial charge on any atom is 0.226 e. The monoisotopic (exact) mass is 348 g/mol. The molecular formula is C20H20N4O2. The summed E-state index contributed by atoms with van der Waals surface area (Å²) < 4.78 is 12.8. The number of anilines is 1. The summed E-state index contributed by atoms with van der Waals surface area (Å²) in [4.78, 5) is 4.35. The summed E-state index contributed by atoms with van der Waals surface area (Å²) in [5.74, 6) is 2.20. The fourth-order valence-corrected chi connectivity index (χ4v) is 3.12. The first kappa shape index (κ1) is 16.2. The third kappa shape index (κ3) is 2.79. The van der Waals surface area contributed by atoms with E-state index in [1.807, 2.05) is 22.9 Å². The number of methoxy groups -OCH3 is 2. The lowest BCUT2D eigenvalue weighted by atomic mass is 10.00. The number of rotatable bonds is 4. The Hall–Kier alpha value is -3.28. The van der Waals surface area contributed by atoms with E-state index in [1.165, 1.54) is 5.56 Å². The van der Waals surface area contributed by atoms with Crippen LogP contribution in [0.3, 0.4) is 0 Å². The van der Waals surface area contributed by atoms with Crippen molar-refractivity contribution in [3.63, 3.8) is 0 Å². The third-order valence-corrected chi connectivity index (χ3v) is 4.53. The number of ether oxygens (including phenoxy) is 2. The highest BCUT2D eigenvalue weighted by Gasteiger charge is 2.26. The lowest BCUT2D eigenvalue weighted by Gasteiger charge is -2.25. The van der Waals surface area contributed by atoms with E-state index in [1.54, 1.807) is 20.5 Å². The van der Waals surface area contributed by atoms with Crippen LogP contribution >= 0.6 is 0 Å². The van der Waals surface area contributed by atoms with E-state index >= 15 is 0 Å². The molecule has 0 bridgehead atoms. The van der Waals surface area contributed by atoms with Crippen LogP contribution in [-0.2, 0) is 0 Å². The van der Waals surface area contributed by atoms with E-state index in [0.29, 0.717) is 5.95 Å². The van der Waals surface area contributed by atoms with Crippen LogP contribution in [0.2, 0.25) is 0 Å². The molecule has 1 aliphatic heterocycles. The lowest BCUT2D eigenvalue weighted by molar-refractivity contribution is 0.387. The summed E-state index contributed by atoms with van der Waals surface area (Å²) in [5, 5.41) is 7.74. The van der Waals surface area contributed by atoms with Crippen molar-refractivity contribution in [3.05, 3.63) is 71.6 Å². The summed E-state index contributed by atoms with van der Waals surface area (Å²) in [6.07, 6.45) is 3.69. The van der Waals surface area contributed by atoms with Gasteiger partial charge in [0.25, 0.3) is 0 Å². The van der Waals surface area contributed by atoms with Crippen molar-refractivity contribution in [2.75, 3.05) is 19.5 Å². The number of hydrogen-bond donors (Lipinski definition) is 1. The van der Waals surface area contributed by atoms with Crippen molar-refractivity contribution in [3.8, 4) is 11.5 Å². The zero-order chi connectivity index (χ0) is 18.1. The van der Waals surface area contributed by atoms with Gasteiger partial charge >= 0.3 is 0 Å². The molecular weight excluding hydrogens is 328 g/mol. The minimum atomic E-state index is -0.133. The Labute approximate surface area is 152 Å². The Bertz CT molecular complexity index is 960. The summed E-state index contributed by atoms with van der Waals surface area (Å²) in [6.45, 7) is 2.08. The zero-order valence-corrected chi connectivity index (χ0v) is 14.9. The van der Waals surface area contributed by atoms with Crippen molar-refractivity contribution in [2.24, 2.45) is 0 Å². The van der Waals surface area contributed by atoms with Gasteiger partial charge in [0.2, 0.25) is 5.95 Å². The Morgan fingerprint density at radius 1 is 1.04 bits per heavy atom. The number of benzene rings is 2. The molecule has 0 saturated heterocycles. The molecule has 1 atom stereocenters. The fraction of sp³-hybridized carbons (Fsp3) is 0.200. The van der Waals surface area contributed by atoms with Gasteiger partial charge in [-0.15, -0.1) is 0 Å². The summed E-state index contributed by atoms with van der Waals surface area (Å²) in [7, 11) is 3.30. The smallest absolute Gasteiger partial charge is 0.226 e. The molecule has 6 nitrogen and oxygen atoms in total. The average molecular weight is 348 g/mol. The molecule has 0 radical (unpaired) electrons. The van der Waals surface area contributed by atoms with Gasteiger partial charge < -0.3 is 14.8 Å². The maximum absolute atomic E-state index is 5.60. The highest BCUT2D eigenvalue weighted by atomic mass is 16.5. The molecule has 1 aromatic heterocycles. The standard InChI is InChI=1S/C20H20N4O2/c1-13-4-6-14(7-5-13)17-11-18(24-20(23-17)21-12-22-24)16-9-8-15(25-2)10-19(16)26-3/h4-12,18H,1-3H3,(H,21,22,23)/t18-/m0/s1. The Kier molecular flexibility index (Phi) is 4.08. The predicted molar refractivity (Wildman–Crippen MR) is 100 cm³/mol. The number of nitrogens with zero attached hydrogens (tertiary/aromatic N) is 3. The van der Waals surface area contributed by atoms with Crippen LogP contribution in [-0.4, -0.2) is 29.0 Å². The van der Waals surface area contributed by atoms with Gasteiger partial charge in [-0.05, 0) is 30.7 Å². The highest BCUT2D eigenvalue weighted by molar-refractivity contribution is 5.77. The largest absolute Gasteiger partial charge is 0.497 e.